The van der Waals surface area contributed by atoms with Crippen molar-refractivity contribution in [1.82, 2.24) is 14.8 Å². The average Bonchev–Trinajstić information content (AvgIpc) is 3.15. The van der Waals surface area contributed by atoms with Gasteiger partial charge in [0, 0.05) is 12.1 Å². The second-order valence-electron chi connectivity index (χ2n) is 8.56. The minimum Gasteiger partial charge on any atom is -0.324 e. The van der Waals surface area contributed by atoms with Gasteiger partial charge in [-0.1, -0.05) is 74.5 Å². The van der Waals surface area contributed by atoms with Crippen LogP contribution in [0.5, 0.6) is 0 Å². The number of nitrogens with one attached hydrogen (secondary N) is 1. The van der Waals surface area contributed by atoms with E-state index in [1.165, 1.54) is 5.56 Å². The molecule has 0 aliphatic carbocycles. The number of carbonyl (C=O) groups excluding carboxylic acids is 1. The van der Waals surface area contributed by atoms with E-state index in [4.69, 9.17) is 11.6 Å². The molecule has 0 aliphatic rings. The molecule has 0 aliphatic heterocycles. The number of rotatable bonds is 7. The van der Waals surface area contributed by atoms with Gasteiger partial charge in [-0.3, -0.25) is 9.36 Å². The van der Waals surface area contributed by atoms with Crippen molar-refractivity contribution in [3.8, 4) is 11.4 Å². The first-order valence-electron chi connectivity index (χ1n) is 10.3. The van der Waals surface area contributed by atoms with Crippen LogP contribution >= 0.6 is 23.4 Å². The van der Waals surface area contributed by atoms with Crippen molar-refractivity contribution in [2.75, 3.05) is 11.1 Å². The number of aromatic nitrogens is 3. The highest BCUT2D eigenvalue weighted by Crippen LogP contribution is 2.34. The van der Waals surface area contributed by atoms with Gasteiger partial charge in [0.15, 0.2) is 11.0 Å². The number of amides is 1. The molecular formula is C24H24ClF3N4OS. The number of thioether (sulfide) groups is 1. The summed E-state index contributed by atoms with van der Waals surface area (Å²) in [6, 6.07) is 10.8. The summed E-state index contributed by atoms with van der Waals surface area (Å²) in [6.07, 6.45) is -2.84. The van der Waals surface area contributed by atoms with Gasteiger partial charge in [0.1, 0.15) is 0 Å². The summed E-state index contributed by atoms with van der Waals surface area (Å²) in [6.45, 7) is 10.6. The second-order valence-corrected chi connectivity index (χ2v) is 9.91. The fraction of sp³-hybridized carbons (Fsp3) is 0.292. The van der Waals surface area contributed by atoms with E-state index >= 15 is 0 Å². The Morgan fingerprint density at radius 2 is 1.76 bits per heavy atom. The van der Waals surface area contributed by atoms with Crippen molar-refractivity contribution in [2.24, 2.45) is 0 Å². The van der Waals surface area contributed by atoms with E-state index in [1.807, 2.05) is 28.8 Å². The molecule has 0 fully saturated rings. The minimum atomic E-state index is -4.54. The van der Waals surface area contributed by atoms with Crippen molar-refractivity contribution in [3.63, 3.8) is 0 Å². The van der Waals surface area contributed by atoms with Crippen LogP contribution in [0.1, 0.15) is 31.9 Å². The van der Waals surface area contributed by atoms with E-state index in [2.05, 4.69) is 42.9 Å². The van der Waals surface area contributed by atoms with Gasteiger partial charge in [-0.2, -0.15) is 13.2 Å². The first kappa shape index (κ1) is 25.8. The van der Waals surface area contributed by atoms with E-state index in [9.17, 15) is 18.0 Å². The molecule has 1 aromatic heterocycles. The molecule has 0 spiro atoms. The van der Waals surface area contributed by atoms with E-state index < -0.39 is 17.6 Å². The molecule has 0 saturated carbocycles. The molecule has 0 atom stereocenters. The van der Waals surface area contributed by atoms with Crippen molar-refractivity contribution >= 4 is 35.0 Å². The third-order valence-corrected chi connectivity index (χ3v) is 6.23. The van der Waals surface area contributed by atoms with Crippen molar-refractivity contribution in [2.45, 2.75) is 44.1 Å². The first-order valence-corrected chi connectivity index (χ1v) is 11.7. The Hall–Kier alpha value is -2.78. The molecule has 1 N–H and O–H groups in total. The van der Waals surface area contributed by atoms with Gasteiger partial charge in [-0.05, 0) is 29.2 Å². The van der Waals surface area contributed by atoms with E-state index in [0.717, 1.165) is 35.5 Å². The van der Waals surface area contributed by atoms with Crippen LogP contribution < -0.4 is 5.32 Å². The van der Waals surface area contributed by atoms with Gasteiger partial charge in [0.05, 0.1) is 22.0 Å². The van der Waals surface area contributed by atoms with Crippen LogP contribution in [-0.2, 0) is 22.9 Å². The lowest BCUT2D eigenvalue weighted by molar-refractivity contribution is -0.137. The lowest BCUT2D eigenvalue weighted by Gasteiger charge is -2.19. The monoisotopic (exact) mass is 508 g/mol. The number of hydrogen-bond acceptors (Lipinski definition) is 4. The van der Waals surface area contributed by atoms with Gasteiger partial charge in [0.25, 0.3) is 0 Å². The minimum absolute atomic E-state index is 0.0159. The maximum atomic E-state index is 13.0. The van der Waals surface area contributed by atoms with Crippen molar-refractivity contribution < 1.29 is 18.0 Å². The molecule has 1 heterocycles. The Kier molecular flexibility index (Phi) is 7.77. The third kappa shape index (κ3) is 6.21. The highest BCUT2D eigenvalue weighted by Gasteiger charge is 2.31. The summed E-state index contributed by atoms with van der Waals surface area (Å²) < 4.78 is 40.7. The number of hydrogen-bond donors (Lipinski definition) is 1. The smallest absolute Gasteiger partial charge is 0.324 e. The number of anilines is 1. The normalized spacial score (nSPS) is 12.0. The number of allylic oxidation sites excluding steroid dienone is 1. The quantitative estimate of drug-likeness (QED) is 0.280. The fourth-order valence-electron chi connectivity index (χ4n) is 3.14. The predicted molar refractivity (Wildman–Crippen MR) is 130 cm³/mol. The van der Waals surface area contributed by atoms with Gasteiger partial charge in [-0.25, -0.2) is 0 Å². The zero-order chi connectivity index (χ0) is 25.1. The van der Waals surface area contributed by atoms with Gasteiger partial charge in [-0.15, -0.1) is 16.8 Å². The SMILES string of the molecule is C=CCn1c(SCC(=O)Nc2cc(C(F)(F)F)ccc2Cl)nnc1-c1ccc(C(C)(C)C)cc1. The van der Waals surface area contributed by atoms with Crippen molar-refractivity contribution in [1.29, 1.82) is 0 Å². The summed E-state index contributed by atoms with van der Waals surface area (Å²) in [5, 5.41) is 11.4. The lowest BCUT2D eigenvalue weighted by atomic mass is 9.87. The Balaban J connectivity index is 1.75. The zero-order valence-electron chi connectivity index (χ0n) is 18.9. The maximum absolute atomic E-state index is 13.0. The molecule has 0 saturated heterocycles. The molecule has 3 rings (SSSR count). The molecular weight excluding hydrogens is 485 g/mol. The second kappa shape index (κ2) is 10.2. The number of halogens is 4. The van der Waals surface area contributed by atoms with Crippen molar-refractivity contribution in [3.05, 3.63) is 71.3 Å². The van der Waals surface area contributed by atoms with E-state index in [0.29, 0.717) is 17.5 Å². The molecule has 5 nitrogen and oxygen atoms in total. The zero-order valence-corrected chi connectivity index (χ0v) is 20.5. The van der Waals surface area contributed by atoms with Crippen LogP contribution in [0.2, 0.25) is 5.02 Å². The summed E-state index contributed by atoms with van der Waals surface area (Å²) in [5.41, 5.74) is 1.08. The highest BCUT2D eigenvalue weighted by atomic mass is 35.5. The van der Waals surface area contributed by atoms with Gasteiger partial charge >= 0.3 is 6.18 Å². The van der Waals surface area contributed by atoms with Crippen LogP contribution in [0.15, 0.2) is 60.3 Å². The van der Waals surface area contributed by atoms with Gasteiger partial charge in [0.2, 0.25) is 5.91 Å². The molecule has 3 aromatic rings. The predicted octanol–water partition coefficient (Wildman–Crippen LogP) is 6.83. The average molecular weight is 509 g/mol. The Morgan fingerprint density at radius 1 is 1.12 bits per heavy atom. The summed E-state index contributed by atoms with van der Waals surface area (Å²) in [5.74, 6) is 0.0183. The van der Waals surface area contributed by atoms with Crippen LogP contribution in [0.3, 0.4) is 0 Å². The maximum Gasteiger partial charge on any atom is 0.416 e. The van der Waals surface area contributed by atoms with Crippen LogP contribution in [-0.4, -0.2) is 26.4 Å². The Bertz CT molecular complexity index is 1180. The molecule has 10 heteroatoms. The molecule has 0 unspecified atom stereocenters. The summed E-state index contributed by atoms with van der Waals surface area (Å²) >= 11 is 7.08. The molecule has 34 heavy (non-hydrogen) atoms. The molecule has 180 valence electrons. The first-order chi connectivity index (χ1) is 15.9. The molecule has 1 amide bonds. The third-order valence-electron chi connectivity index (χ3n) is 4.94. The number of nitrogens with zero attached hydrogens (tertiary/aromatic N) is 3. The summed E-state index contributed by atoms with van der Waals surface area (Å²) in [4.78, 5) is 12.4. The topological polar surface area (TPSA) is 59.8 Å². The molecule has 2 aromatic carbocycles. The van der Waals surface area contributed by atoms with Crippen LogP contribution in [0, 0.1) is 0 Å². The number of alkyl halides is 3. The largest absolute Gasteiger partial charge is 0.416 e. The Labute approximate surface area is 205 Å². The number of benzene rings is 2. The summed E-state index contributed by atoms with van der Waals surface area (Å²) in [7, 11) is 0. The van der Waals surface area contributed by atoms with Crippen LogP contribution in [0.25, 0.3) is 11.4 Å². The lowest BCUT2D eigenvalue weighted by Crippen LogP contribution is -2.16. The Morgan fingerprint density at radius 3 is 2.35 bits per heavy atom. The van der Waals surface area contributed by atoms with Crippen LogP contribution in [0.4, 0.5) is 18.9 Å². The fourth-order valence-corrected chi connectivity index (χ4v) is 4.05. The van der Waals surface area contributed by atoms with E-state index in [1.54, 1.807) is 6.08 Å². The van der Waals surface area contributed by atoms with Gasteiger partial charge < -0.3 is 5.32 Å². The molecule has 0 radical (unpaired) electrons. The standard InChI is InChI=1S/C24H24ClF3N4OS/c1-5-12-32-21(15-6-8-16(9-7-15)23(2,3)4)30-31-22(32)34-14-20(33)29-19-13-17(24(26,27)28)10-11-18(19)25/h5-11,13H,1,12,14H2,2-4H3,(H,29,33). The highest BCUT2D eigenvalue weighted by molar-refractivity contribution is 7.99. The van der Waals surface area contributed by atoms with E-state index in [-0.39, 0.29) is 21.9 Å². The number of carbonyl (C=O) groups is 1. The molecule has 0 bridgehead atoms.